The zero-order valence-corrected chi connectivity index (χ0v) is 10.6. The van der Waals surface area contributed by atoms with E-state index >= 15 is 0 Å². The van der Waals surface area contributed by atoms with Crippen molar-refractivity contribution >= 4 is 11.4 Å². The largest absolute Gasteiger partial charge is 0.315 e. The van der Waals surface area contributed by atoms with Crippen LogP contribution in [0.3, 0.4) is 0 Å². The zero-order valence-electron chi connectivity index (χ0n) is 10.6. The number of nitrogens with one attached hydrogen (secondary N) is 2. The van der Waals surface area contributed by atoms with E-state index in [1.165, 1.54) is 0 Å². The maximum atomic E-state index is 4.52. The van der Waals surface area contributed by atoms with Crippen molar-refractivity contribution in [3.63, 3.8) is 0 Å². The Bertz CT molecular complexity index is 219. The van der Waals surface area contributed by atoms with Crippen molar-refractivity contribution in [2.75, 3.05) is 39.3 Å². The van der Waals surface area contributed by atoms with Crippen molar-refractivity contribution in [3.05, 3.63) is 0 Å². The van der Waals surface area contributed by atoms with Gasteiger partial charge < -0.3 is 10.6 Å². The van der Waals surface area contributed by atoms with E-state index in [9.17, 15) is 0 Å². The van der Waals surface area contributed by atoms with Crippen LogP contribution in [0, 0.1) is 0 Å². The van der Waals surface area contributed by atoms with Gasteiger partial charge in [0.15, 0.2) is 0 Å². The number of aliphatic imine (C=N–C) groups is 2. The first kappa shape index (κ1) is 13.3. The topological polar surface area (TPSA) is 48.8 Å². The molecule has 0 fully saturated rings. The molecule has 0 aromatic heterocycles. The molecule has 0 aromatic rings. The fourth-order valence-corrected chi connectivity index (χ4v) is 1.56. The summed E-state index contributed by atoms with van der Waals surface area (Å²) in [6.07, 6.45) is 2.20. The molecule has 0 saturated heterocycles. The Morgan fingerprint density at radius 3 is 1.62 bits per heavy atom. The van der Waals surface area contributed by atoms with Crippen molar-refractivity contribution in [1.29, 1.82) is 0 Å². The average molecular weight is 224 g/mol. The van der Waals surface area contributed by atoms with Gasteiger partial charge in [-0.3, -0.25) is 9.98 Å². The van der Waals surface area contributed by atoms with Gasteiger partial charge >= 0.3 is 0 Å². The molecule has 4 nitrogen and oxygen atoms in total. The van der Waals surface area contributed by atoms with Gasteiger partial charge in [-0.1, -0.05) is 0 Å². The zero-order chi connectivity index (χ0) is 11.6. The predicted molar refractivity (Wildman–Crippen MR) is 70.9 cm³/mol. The Balaban J connectivity index is 2.43. The lowest BCUT2D eigenvalue weighted by Crippen LogP contribution is -2.29. The monoisotopic (exact) mass is 224 g/mol. The van der Waals surface area contributed by atoms with Crippen LogP contribution in [-0.2, 0) is 0 Å². The van der Waals surface area contributed by atoms with Gasteiger partial charge in [0.05, 0.1) is 11.4 Å². The Morgan fingerprint density at radius 1 is 0.750 bits per heavy atom. The minimum Gasteiger partial charge on any atom is -0.315 e. The van der Waals surface area contributed by atoms with E-state index in [0.717, 1.165) is 63.5 Å². The Hall–Kier alpha value is -0.740. The van der Waals surface area contributed by atoms with E-state index in [0.29, 0.717) is 0 Å². The van der Waals surface area contributed by atoms with Crippen LogP contribution < -0.4 is 10.6 Å². The first-order valence-electron chi connectivity index (χ1n) is 6.24. The third-order valence-corrected chi connectivity index (χ3v) is 2.72. The second-order valence-electron chi connectivity index (χ2n) is 4.14. The number of hydrogen-bond donors (Lipinski definition) is 2. The summed E-state index contributed by atoms with van der Waals surface area (Å²) in [7, 11) is 0. The molecule has 0 unspecified atom stereocenters. The molecule has 0 atom stereocenters. The molecular formula is C12H24N4. The van der Waals surface area contributed by atoms with Crippen LogP contribution in [-0.4, -0.2) is 50.7 Å². The van der Waals surface area contributed by atoms with Crippen molar-refractivity contribution < 1.29 is 0 Å². The predicted octanol–water partition coefficient (Wildman–Crippen LogP) is 0.881. The quantitative estimate of drug-likeness (QED) is 0.642. The van der Waals surface area contributed by atoms with E-state index in [1.54, 1.807) is 0 Å². The van der Waals surface area contributed by atoms with Crippen LogP contribution in [0.15, 0.2) is 9.98 Å². The summed E-state index contributed by atoms with van der Waals surface area (Å²) in [5.41, 5.74) is 2.18. The number of rotatable bonds is 0. The van der Waals surface area contributed by atoms with Crippen LogP contribution in [0.4, 0.5) is 0 Å². The fraction of sp³-hybridized carbons (Fsp3) is 0.833. The molecule has 1 heterocycles. The Morgan fingerprint density at radius 2 is 1.19 bits per heavy atom. The molecule has 1 aliphatic rings. The van der Waals surface area contributed by atoms with Gasteiger partial charge in [0, 0.05) is 26.2 Å². The summed E-state index contributed by atoms with van der Waals surface area (Å²) in [5, 5.41) is 6.81. The first-order valence-corrected chi connectivity index (χ1v) is 6.24. The minimum absolute atomic E-state index is 0.902. The Kier molecular flexibility index (Phi) is 7.01. The van der Waals surface area contributed by atoms with Gasteiger partial charge in [0.1, 0.15) is 0 Å². The molecule has 0 aliphatic carbocycles. The lowest BCUT2D eigenvalue weighted by atomic mass is 10.2. The molecule has 0 spiro atoms. The molecule has 0 amide bonds. The minimum atomic E-state index is 0.902. The third kappa shape index (κ3) is 5.98. The second-order valence-corrected chi connectivity index (χ2v) is 4.14. The lowest BCUT2D eigenvalue weighted by molar-refractivity contribution is 0.590. The van der Waals surface area contributed by atoms with E-state index in [2.05, 4.69) is 34.5 Å². The van der Waals surface area contributed by atoms with Gasteiger partial charge in [-0.25, -0.2) is 0 Å². The molecule has 0 saturated carbocycles. The Labute approximate surface area is 98.6 Å². The SMILES string of the molecule is CC1=N\CCCNCCNCCC\N=C\1C. The summed E-state index contributed by atoms with van der Waals surface area (Å²) in [6.45, 7) is 10.1. The molecular weight excluding hydrogens is 200 g/mol. The maximum Gasteiger partial charge on any atom is 0.0524 e. The van der Waals surface area contributed by atoms with Gasteiger partial charge in [0.25, 0.3) is 0 Å². The van der Waals surface area contributed by atoms with Crippen LogP contribution >= 0.6 is 0 Å². The van der Waals surface area contributed by atoms with Crippen LogP contribution in [0.1, 0.15) is 26.7 Å². The highest BCUT2D eigenvalue weighted by molar-refractivity contribution is 6.40. The number of hydrogen-bond acceptors (Lipinski definition) is 4. The van der Waals surface area contributed by atoms with Crippen molar-refractivity contribution in [1.82, 2.24) is 10.6 Å². The highest BCUT2D eigenvalue weighted by Gasteiger charge is 1.97. The lowest BCUT2D eigenvalue weighted by Gasteiger charge is -2.07. The van der Waals surface area contributed by atoms with Crippen LogP contribution in [0.25, 0.3) is 0 Å². The first-order chi connectivity index (χ1) is 7.80. The van der Waals surface area contributed by atoms with Gasteiger partial charge in [-0.2, -0.15) is 0 Å². The highest BCUT2D eigenvalue weighted by atomic mass is 14.9. The van der Waals surface area contributed by atoms with Gasteiger partial charge in [-0.15, -0.1) is 0 Å². The third-order valence-electron chi connectivity index (χ3n) is 2.72. The summed E-state index contributed by atoms with van der Waals surface area (Å²) in [5.74, 6) is 0. The molecule has 0 bridgehead atoms. The standard InChI is InChI=1S/C12H24N4/c1-11-12(2)16-8-4-6-14-10-9-13-5-3-7-15-11/h13-14H,3-10H2,1-2H3/b15-11+,16-12+. The summed E-state index contributed by atoms with van der Waals surface area (Å²) >= 11 is 0. The van der Waals surface area contributed by atoms with Gasteiger partial charge in [0.2, 0.25) is 0 Å². The summed E-state index contributed by atoms with van der Waals surface area (Å²) in [4.78, 5) is 9.05. The van der Waals surface area contributed by atoms with Crippen LogP contribution in [0.2, 0.25) is 0 Å². The molecule has 1 rings (SSSR count). The van der Waals surface area contributed by atoms with E-state index in [-0.39, 0.29) is 0 Å². The van der Waals surface area contributed by atoms with E-state index < -0.39 is 0 Å². The molecule has 1 aliphatic heterocycles. The smallest absolute Gasteiger partial charge is 0.0524 e. The molecule has 2 N–H and O–H groups in total. The average Bonchev–Trinajstić information content (AvgIpc) is 2.29. The second kappa shape index (κ2) is 8.42. The molecule has 92 valence electrons. The fourth-order valence-electron chi connectivity index (χ4n) is 1.56. The normalized spacial score (nSPS) is 28.4. The summed E-state index contributed by atoms with van der Waals surface area (Å²) < 4.78 is 0. The highest BCUT2D eigenvalue weighted by Crippen LogP contribution is 1.90. The molecule has 0 radical (unpaired) electrons. The maximum absolute atomic E-state index is 4.52. The van der Waals surface area contributed by atoms with Crippen molar-refractivity contribution in [2.24, 2.45) is 9.98 Å². The van der Waals surface area contributed by atoms with E-state index in [1.807, 2.05) is 0 Å². The molecule has 4 heteroatoms. The van der Waals surface area contributed by atoms with Crippen LogP contribution in [0.5, 0.6) is 0 Å². The van der Waals surface area contributed by atoms with Crippen molar-refractivity contribution in [3.8, 4) is 0 Å². The number of nitrogens with zero attached hydrogens (tertiary/aromatic N) is 2. The van der Waals surface area contributed by atoms with E-state index in [4.69, 9.17) is 0 Å². The van der Waals surface area contributed by atoms with Gasteiger partial charge in [-0.05, 0) is 39.8 Å². The molecule has 16 heavy (non-hydrogen) atoms. The van der Waals surface area contributed by atoms with Crippen molar-refractivity contribution in [2.45, 2.75) is 26.7 Å². The molecule has 0 aromatic carbocycles. The summed E-state index contributed by atoms with van der Waals surface area (Å²) in [6, 6.07) is 0.